The number of nitrogens with one attached hydrogen (secondary N) is 1. The fraction of sp³-hybridized carbons (Fsp3) is 0.471. The Hall–Kier alpha value is -1.19. The van der Waals surface area contributed by atoms with Crippen LogP contribution in [0.3, 0.4) is 0 Å². The maximum Gasteiger partial charge on any atom is 0.0794 e. The third-order valence-electron chi connectivity index (χ3n) is 3.48. The summed E-state index contributed by atoms with van der Waals surface area (Å²) in [5.74, 6) is 0. The van der Waals surface area contributed by atoms with E-state index in [9.17, 15) is 0 Å². The van der Waals surface area contributed by atoms with Crippen LogP contribution in [0.25, 0.3) is 0 Å². The summed E-state index contributed by atoms with van der Waals surface area (Å²) in [6.07, 6.45) is 2.99. The second-order valence-corrected chi connectivity index (χ2v) is 7.09. The van der Waals surface area contributed by atoms with Gasteiger partial charge in [0, 0.05) is 23.5 Å². The van der Waals surface area contributed by atoms with Crippen molar-refractivity contribution in [3.05, 3.63) is 52.0 Å². The van der Waals surface area contributed by atoms with Crippen molar-refractivity contribution >= 4 is 11.3 Å². The second-order valence-electron chi connectivity index (χ2n) is 6.12. The lowest BCUT2D eigenvalue weighted by Gasteiger charge is -2.28. The fourth-order valence-corrected chi connectivity index (χ4v) is 3.21. The van der Waals surface area contributed by atoms with Gasteiger partial charge in [-0.3, -0.25) is 4.98 Å². The molecule has 3 heteroatoms. The molecule has 2 nitrogen and oxygen atoms in total. The quantitative estimate of drug-likeness (QED) is 0.885. The van der Waals surface area contributed by atoms with Gasteiger partial charge in [0.1, 0.15) is 0 Å². The molecule has 20 heavy (non-hydrogen) atoms. The molecule has 1 unspecified atom stereocenters. The standard InChI is InChI=1S/C17H24N2S/c1-5-19-16(10-13-11-18-12-20-13)14-8-6-7-9-15(14)17(2,3)4/h6-9,11-12,16,19H,5,10H2,1-4H3. The highest BCUT2D eigenvalue weighted by Crippen LogP contribution is 2.31. The average molecular weight is 288 g/mol. The van der Waals surface area contributed by atoms with Crippen molar-refractivity contribution in [2.45, 2.75) is 45.6 Å². The lowest BCUT2D eigenvalue weighted by atomic mass is 9.81. The van der Waals surface area contributed by atoms with Crippen LogP contribution >= 0.6 is 11.3 Å². The van der Waals surface area contributed by atoms with Gasteiger partial charge in [-0.15, -0.1) is 11.3 Å². The topological polar surface area (TPSA) is 24.9 Å². The van der Waals surface area contributed by atoms with E-state index < -0.39 is 0 Å². The van der Waals surface area contributed by atoms with Crippen LogP contribution in [0, 0.1) is 0 Å². The highest BCUT2D eigenvalue weighted by Gasteiger charge is 2.22. The zero-order chi connectivity index (χ0) is 14.6. The number of thiazole rings is 1. The first-order chi connectivity index (χ1) is 9.52. The van der Waals surface area contributed by atoms with Crippen LogP contribution in [0.1, 0.15) is 49.7 Å². The number of likely N-dealkylation sites (N-methyl/N-ethyl adjacent to an activating group) is 1. The van der Waals surface area contributed by atoms with Gasteiger partial charge in [-0.1, -0.05) is 52.0 Å². The maximum atomic E-state index is 4.19. The molecule has 2 rings (SSSR count). The fourth-order valence-electron chi connectivity index (χ4n) is 2.57. The molecular formula is C17H24N2S. The summed E-state index contributed by atoms with van der Waals surface area (Å²) in [5.41, 5.74) is 4.91. The van der Waals surface area contributed by atoms with Crippen molar-refractivity contribution in [3.63, 3.8) is 0 Å². The molecule has 1 aromatic heterocycles. The van der Waals surface area contributed by atoms with E-state index in [1.54, 1.807) is 11.3 Å². The SMILES string of the molecule is CCNC(Cc1cncs1)c1ccccc1C(C)(C)C. The Morgan fingerprint density at radius 3 is 2.60 bits per heavy atom. The molecule has 0 bridgehead atoms. The molecule has 2 aromatic rings. The van der Waals surface area contributed by atoms with E-state index in [4.69, 9.17) is 0 Å². The van der Waals surface area contributed by atoms with Crippen molar-refractivity contribution in [1.82, 2.24) is 10.3 Å². The van der Waals surface area contributed by atoms with E-state index in [0.29, 0.717) is 6.04 Å². The van der Waals surface area contributed by atoms with E-state index in [2.05, 4.69) is 62.3 Å². The minimum atomic E-state index is 0.165. The molecule has 1 N–H and O–H groups in total. The van der Waals surface area contributed by atoms with Gasteiger partial charge in [-0.05, 0) is 23.1 Å². The molecular weight excluding hydrogens is 264 g/mol. The van der Waals surface area contributed by atoms with Gasteiger partial charge in [0.2, 0.25) is 0 Å². The lowest BCUT2D eigenvalue weighted by Crippen LogP contribution is -2.26. The largest absolute Gasteiger partial charge is 0.310 e. The van der Waals surface area contributed by atoms with Crippen molar-refractivity contribution in [2.24, 2.45) is 0 Å². The molecule has 0 aliphatic carbocycles. The minimum absolute atomic E-state index is 0.165. The molecule has 1 atom stereocenters. The predicted molar refractivity (Wildman–Crippen MR) is 87.4 cm³/mol. The Bertz CT molecular complexity index is 526. The van der Waals surface area contributed by atoms with Crippen molar-refractivity contribution in [3.8, 4) is 0 Å². The molecule has 0 spiro atoms. The Kier molecular flexibility index (Phi) is 4.95. The second kappa shape index (κ2) is 6.51. The molecule has 1 heterocycles. The third-order valence-corrected chi connectivity index (χ3v) is 4.29. The highest BCUT2D eigenvalue weighted by atomic mass is 32.1. The number of nitrogens with zero attached hydrogens (tertiary/aromatic N) is 1. The zero-order valence-electron chi connectivity index (χ0n) is 12.8. The van der Waals surface area contributed by atoms with Gasteiger partial charge in [0.15, 0.2) is 0 Å². The molecule has 0 saturated carbocycles. The van der Waals surface area contributed by atoms with E-state index >= 15 is 0 Å². The Labute approximate surface area is 126 Å². The molecule has 0 amide bonds. The number of rotatable bonds is 5. The molecule has 0 aliphatic rings. The normalized spacial score (nSPS) is 13.4. The zero-order valence-corrected chi connectivity index (χ0v) is 13.6. The number of hydrogen-bond donors (Lipinski definition) is 1. The van der Waals surface area contributed by atoms with Crippen molar-refractivity contribution in [2.75, 3.05) is 6.54 Å². The smallest absolute Gasteiger partial charge is 0.0794 e. The number of benzene rings is 1. The van der Waals surface area contributed by atoms with Gasteiger partial charge < -0.3 is 5.32 Å². The lowest BCUT2D eigenvalue weighted by molar-refractivity contribution is 0.519. The van der Waals surface area contributed by atoms with Gasteiger partial charge in [-0.25, -0.2) is 0 Å². The summed E-state index contributed by atoms with van der Waals surface area (Å²) < 4.78 is 0. The summed E-state index contributed by atoms with van der Waals surface area (Å²) in [6, 6.07) is 9.15. The molecule has 108 valence electrons. The van der Waals surface area contributed by atoms with E-state index in [-0.39, 0.29) is 5.41 Å². The Morgan fingerprint density at radius 2 is 2.00 bits per heavy atom. The van der Waals surface area contributed by atoms with Gasteiger partial charge in [0.25, 0.3) is 0 Å². The van der Waals surface area contributed by atoms with Crippen LogP contribution in [0.2, 0.25) is 0 Å². The summed E-state index contributed by atoms with van der Waals surface area (Å²) in [6.45, 7) is 9.98. The van der Waals surface area contributed by atoms with Crippen molar-refractivity contribution in [1.29, 1.82) is 0 Å². The molecule has 0 saturated heterocycles. The number of hydrogen-bond acceptors (Lipinski definition) is 3. The first-order valence-corrected chi connectivity index (χ1v) is 8.10. The monoisotopic (exact) mass is 288 g/mol. The first kappa shape index (κ1) is 15.2. The molecule has 0 radical (unpaired) electrons. The van der Waals surface area contributed by atoms with E-state index in [1.165, 1.54) is 16.0 Å². The third kappa shape index (κ3) is 3.68. The van der Waals surface area contributed by atoms with Crippen LogP contribution < -0.4 is 5.32 Å². The minimum Gasteiger partial charge on any atom is -0.310 e. The molecule has 1 aromatic carbocycles. The van der Waals surface area contributed by atoms with Gasteiger partial charge >= 0.3 is 0 Å². The van der Waals surface area contributed by atoms with E-state index in [0.717, 1.165) is 13.0 Å². The highest BCUT2D eigenvalue weighted by molar-refractivity contribution is 7.09. The average Bonchev–Trinajstić information content (AvgIpc) is 2.90. The van der Waals surface area contributed by atoms with Crippen LogP contribution in [0.5, 0.6) is 0 Å². The molecule has 0 aliphatic heterocycles. The van der Waals surface area contributed by atoms with Crippen LogP contribution in [-0.4, -0.2) is 11.5 Å². The predicted octanol–water partition coefficient (Wildman–Crippen LogP) is 4.33. The van der Waals surface area contributed by atoms with Crippen LogP contribution in [0.15, 0.2) is 36.0 Å². The number of aromatic nitrogens is 1. The summed E-state index contributed by atoms with van der Waals surface area (Å²) >= 11 is 1.73. The molecule has 0 fully saturated rings. The van der Waals surface area contributed by atoms with Crippen molar-refractivity contribution < 1.29 is 0 Å². The van der Waals surface area contributed by atoms with Crippen LogP contribution in [0.4, 0.5) is 0 Å². The van der Waals surface area contributed by atoms with Gasteiger partial charge in [-0.2, -0.15) is 0 Å². The summed E-state index contributed by atoms with van der Waals surface area (Å²) in [5, 5.41) is 3.63. The van der Waals surface area contributed by atoms with Gasteiger partial charge in [0.05, 0.1) is 5.51 Å². The van der Waals surface area contributed by atoms with E-state index in [1.807, 2.05) is 11.7 Å². The first-order valence-electron chi connectivity index (χ1n) is 7.22. The summed E-state index contributed by atoms with van der Waals surface area (Å²) in [7, 11) is 0. The Morgan fingerprint density at radius 1 is 1.25 bits per heavy atom. The van der Waals surface area contributed by atoms with Crippen LogP contribution in [-0.2, 0) is 11.8 Å². The Balaban J connectivity index is 2.34. The summed E-state index contributed by atoms with van der Waals surface area (Å²) in [4.78, 5) is 5.52. The maximum absolute atomic E-state index is 4.19.